The lowest BCUT2D eigenvalue weighted by molar-refractivity contribution is 0.597. The number of hydrogen-bond donors (Lipinski definition) is 2. The van der Waals surface area contributed by atoms with Gasteiger partial charge in [0.2, 0.25) is 10.0 Å². The number of halogens is 1. The zero-order valence-electron chi connectivity index (χ0n) is 11.2. The van der Waals surface area contributed by atoms with Gasteiger partial charge >= 0.3 is 0 Å². The maximum absolute atomic E-state index is 13.2. The molecule has 4 nitrogen and oxygen atoms in total. The average molecular weight is 306 g/mol. The second-order valence-electron chi connectivity index (χ2n) is 5.15. The maximum Gasteiger partial charge on any atom is 0.238 e. The molecule has 1 aliphatic carbocycles. The molecule has 6 heteroatoms. The predicted octanol–water partition coefficient (Wildman–Crippen LogP) is 2.57. The number of hydrogen-bond acceptors (Lipinski definition) is 3. The van der Waals surface area contributed by atoms with Gasteiger partial charge in [0.05, 0.1) is 10.9 Å². The molecule has 21 heavy (non-hydrogen) atoms. The second kappa shape index (κ2) is 5.13. The van der Waals surface area contributed by atoms with Crippen molar-refractivity contribution in [3.63, 3.8) is 0 Å². The fourth-order valence-electron chi connectivity index (χ4n) is 2.70. The molecule has 1 unspecified atom stereocenters. The van der Waals surface area contributed by atoms with E-state index in [1.165, 1.54) is 18.2 Å². The number of primary sulfonamides is 1. The van der Waals surface area contributed by atoms with Gasteiger partial charge in [0.15, 0.2) is 0 Å². The van der Waals surface area contributed by atoms with Crippen molar-refractivity contribution >= 4 is 15.7 Å². The van der Waals surface area contributed by atoms with Crippen molar-refractivity contribution < 1.29 is 12.8 Å². The SMILES string of the molecule is NS(=O)(=O)c1cccc(NC2CCc3cc(F)ccc32)c1. The van der Waals surface area contributed by atoms with Gasteiger partial charge in [-0.1, -0.05) is 12.1 Å². The summed E-state index contributed by atoms with van der Waals surface area (Å²) in [5.41, 5.74) is 2.73. The quantitative estimate of drug-likeness (QED) is 0.915. The van der Waals surface area contributed by atoms with E-state index in [1.807, 2.05) is 0 Å². The second-order valence-corrected chi connectivity index (χ2v) is 6.71. The van der Waals surface area contributed by atoms with Gasteiger partial charge in [0.25, 0.3) is 0 Å². The summed E-state index contributed by atoms with van der Waals surface area (Å²) < 4.78 is 35.9. The highest BCUT2D eigenvalue weighted by Gasteiger charge is 2.22. The van der Waals surface area contributed by atoms with Crippen LogP contribution in [-0.2, 0) is 16.4 Å². The zero-order valence-corrected chi connectivity index (χ0v) is 12.0. The van der Waals surface area contributed by atoms with E-state index in [2.05, 4.69) is 5.32 Å². The van der Waals surface area contributed by atoms with Crippen molar-refractivity contribution in [1.29, 1.82) is 0 Å². The van der Waals surface area contributed by atoms with Crippen molar-refractivity contribution in [3.8, 4) is 0 Å². The van der Waals surface area contributed by atoms with Gasteiger partial charge in [0.1, 0.15) is 5.82 Å². The summed E-state index contributed by atoms with van der Waals surface area (Å²) in [5, 5.41) is 8.42. The number of anilines is 1. The number of nitrogens with two attached hydrogens (primary N) is 1. The number of rotatable bonds is 3. The Hall–Kier alpha value is -1.92. The highest BCUT2D eigenvalue weighted by molar-refractivity contribution is 7.89. The Bertz CT molecular complexity index is 790. The highest BCUT2D eigenvalue weighted by Crippen LogP contribution is 2.34. The Morgan fingerprint density at radius 2 is 2.00 bits per heavy atom. The van der Waals surface area contributed by atoms with Crippen LogP contribution in [-0.4, -0.2) is 8.42 Å². The monoisotopic (exact) mass is 306 g/mol. The van der Waals surface area contributed by atoms with E-state index in [0.29, 0.717) is 5.69 Å². The number of benzene rings is 2. The lowest BCUT2D eigenvalue weighted by Gasteiger charge is -2.16. The third-order valence-corrected chi connectivity index (χ3v) is 4.60. The van der Waals surface area contributed by atoms with Crippen molar-refractivity contribution in [2.75, 3.05) is 5.32 Å². The van der Waals surface area contributed by atoms with Crippen molar-refractivity contribution in [3.05, 3.63) is 59.4 Å². The molecule has 1 atom stereocenters. The molecule has 0 aromatic heterocycles. The molecule has 0 fully saturated rings. The molecular formula is C15H15FN2O2S. The van der Waals surface area contributed by atoms with Gasteiger partial charge in [-0.25, -0.2) is 17.9 Å². The Kier molecular flexibility index (Phi) is 3.43. The van der Waals surface area contributed by atoms with Crippen LogP contribution in [0.25, 0.3) is 0 Å². The lowest BCUT2D eigenvalue weighted by Crippen LogP contribution is -2.13. The maximum atomic E-state index is 13.2. The van der Waals surface area contributed by atoms with Crippen LogP contribution in [0.4, 0.5) is 10.1 Å². The third-order valence-electron chi connectivity index (χ3n) is 3.69. The molecule has 0 aliphatic heterocycles. The minimum absolute atomic E-state index is 0.0522. The van der Waals surface area contributed by atoms with Crippen molar-refractivity contribution in [2.45, 2.75) is 23.8 Å². The minimum Gasteiger partial charge on any atom is -0.378 e. The molecule has 1 aliphatic rings. The van der Waals surface area contributed by atoms with E-state index in [9.17, 15) is 12.8 Å². The van der Waals surface area contributed by atoms with Crippen LogP contribution in [0.5, 0.6) is 0 Å². The fourth-order valence-corrected chi connectivity index (χ4v) is 3.26. The van der Waals surface area contributed by atoms with Gasteiger partial charge in [0, 0.05) is 5.69 Å². The van der Waals surface area contributed by atoms with Gasteiger partial charge < -0.3 is 5.32 Å². The first kappa shape index (κ1) is 14.0. The van der Waals surface area contributed by atoms with Crippen LogP contribution in [0, 0.1) is 5.82 Å². The molecule has 3 rings (SSSR count). The van der Waals surface area contributed by atoms with E-state index in [4.69, 9.17) is 5.14 Å². The molecule has 0 amide bonds. The van der Waals surface area contributed by atoms with Crippen LogP contribution in [0.2, 0.25) is 0 Å². The Morgan fingerprint density at radius 3 is 2.76 bits per heavy atom. The topological polar surface area (TPSA) is 72.2 Å². The first-order valence-corrected chi connectivity index (χ1v) is 8.16. The fraction of sp³-hybridized carbons (Fsp3) is 0.200. The number of sulfonamides is 1. The van der Waals surface area contributed by atoms with Crippen LogP contribution in [0.1, 0.15) is 23.6 Å². The molecule has 0 bridgehead atoms. The zero-order chi connectivity index (χ0) is 15.0. The lowest BCUT2D eigenvalue weighted by atomic mass is 10.1. The van der Waals surface area contributed by atoms with E-state index >= 15 is 0 Å². The molecular weight excluding hydrogens is 291 g/mol. The molecule has 2 aromatic rings. The number of fused-ring (bicyclic) bond motifs is 1. The molecule has 0 radical (unpaired) electrons. The largest absolute Gasteiger partial charge is 0.378 e. The van der Waals surface area contributed by atoms with E-state index in [0.717, 1.165) is 24.0 Å². The standard InChI is InChI=1S/C15H15FN2O2S/c16-11-5-6-14-10(8-11)4-7-15(14)18-12-2-1-3-13(9-12)21(17,19)20/h1-3,5-6,8-9,15,18H,4,7H2,(H2,17,19,20). The average Bonchev–Trinajstić information content (AvgIpc) is 2.80. The smallest absolute Gasteiger partial charge is 0.238 e. The van der Waals surface area contributed by atoms with Crippen LogP contribution >= 0.6 is 0 Å². The minimum atomic E-state index is -3.71. The summed E-state index contributed by atoms with van der Waals surface area (Å²) in [6.45, 7) is 0. The van der Waals surface area contributed by atoms with Gasteiger partial charge in [-0.15, -0.1) is 0 Å². The summed E-state index contributed by atoms with van der Waals surface area (Å²) >= 11 is 0. The summed E-state index contributed by atoms with van der Waals surface area (Å²) in [7, 11) is -3.71. The van der Waals surface area contributed by atoms with E-state index in [-0.39, 0.29) is 16.8 Å². The van der Waals surface area contributed by atoms with Gasteiger partial charge in [-0.05, 0) is 54.3 Å². The molecule has 0 spiro atoms. The van der Waals surface area contributed by atoms with Gasteiger partial charge in [-0.3, -0.25) is 0 Å². The summed E-state index contributed by atoms with van der Waals surface area (Å²) in [4.78, 5) is 0.0739. The first-order chi connectivity index (χ1) is 9.93. The Balaban J connectivity index is 1.87. The number of nitrogens with one attached hydrogen (secondary N) is 1. The molecule has 0 saturated heterocycles. The van der Waals surface area contributed by atoms with Crippen LogP contribution in [0.3, 0.4) is 0 Å². The Morgan fingerprint density at radius 1 is 1.19 bits per heavy atom. The third kappa shape index (κ3) is 2.91. The number of aryl methyl sites for hydroxylation is 1. The molecule has 0 heterocycles. The summed E-state index contributed by atoms with van der Waals surface area (Å²) in [5.74, 6) is -0.231. The summed E-state index contributed by atoms with van der Waals surface area (Å²) in [6, 6.07) is 11.2. The predicted molar refractivity (Wildman–Crippen MR) is 78.9 cm³/mol. The highest BCUT2D eigenvalue weighted by atomic mass is 32.2. The van der Waals surface area contributed by atoms with Crippen LogP contribution < -0.4 is 10.5 Å². The normalized spacial score (nSPS) is 17.5. The van der Waals surface area contributed by atoms with Crippen molar-refractivity contribution in [2.24, 2.45) is 5.14 Å². The Labute approximate surface area is 122 Å². The molecule has 0 saturated carbocycles. The van der Waals surface area contributed by atoms with Crippen molar-refractivity contribution in [1.82, 2.24) is 0 Å². The van der Waals surface area contributed by atoms with E-state index < -0.39 is 10.0 Å². The first-order valence-electron chi connectivity index (χ1n) is 6.61. The van der Waals surface area contributed by atoms with Crippen LogP contribution in [0.15, 0.2) is 47.4 Å². The molecule has 3 N–H and O–H groups in total. The summed E-state index contributed by atoms with van der Waals surface area (Å²) in [6.07, 6.45) is 1.65. The van der Waals surface area contributed by atoms with E-state index in [1.54, 1.807) is 24.3 Å². The molecule has 2 aromatic carbocycles. The molecule has 110 valence electrons. The van der Waals surface area contributed by atoms with Gasteiger partial charge in [-0.2, -0.15) is 0 Å².